The zero-order valence-electron chi connectivity index (χ0n) is 24.2. The summed E-state index contributed by atoms with van der Waals surface area (Å²) in [6, 6.07) is 5.90. The Morgan fingerprint density at radius 2 is 1.95 bits per heavy atom. The minimum Gasteiger partial charge on any atom is -0.477 e. The monoisotopic (exact) mass is 576 g/mol. The number of carbonyl (C=O) groups excluding carboxylic acids is 1. The van der Waals surface area contributed by atoms with E-state index in [1.54, 1.807) is 4.68 Å². The lowest BCUT2D eigenvalue weighted by atomic mass is 9.95. The molecule has 3 fully saturated rings. The minimum absolute atomic E-state index is 0.182. The average molecular weight is 577 g/mol. The van der Waals surface area contributed by atoms with Crippen molar-refractivity contribution in [1.29, 1.82) is 0 Å². The van der Waals surface area contributed by atoms with Crippen molar-refractivity contribution in [2.45, 2.75) is 82.4 Å². The van der Waals surface area contributed by atoms with Gasteiger partial charge < -0.3 is 15.0 Å². The van der Waals surface area contributed by atoms with Gasteiger partial charge in [0.05, 0.1) is 18.7 Å². The largest absolute Gasteiger partial charge is 0.477 e. The van der Waals surface area contributed by atoms with Crippen LogP contribution in [0.5, 0.6) is 5.88 Å². The molecule has 41 heavy (non-hydrogen) atoms. The van der Waals surface area contributed by atoms with Crippen LogP contribution in [0.2, 0.25) is 0 Å². The number of rotatable bonds is 7. The number of aromatic nitrogens is 5. The highest BCUT2D eigenvalue weighted by atomic mass is 32.2. The number of amides is 1. The molecule has 7 rings (SSSR count). The normalized spacial score (nSPS) is 22.4. The highest BCUT2D eigenvalue weighted by Crippen LogP contribution is 2.50. The standard InChI is InChI=1S/C30H40N8O2S/c1-19-17-36-14-12-31-22-16-30(2,3)37(18-22)27-24(28(39)35-41-29(19)34-36)8-9-25(32-27)38-13-10-26(33-38)40-15-11-23(20-4-5-20)21-6-7-21/h8-10,13,17,20-23,31H,4-7,11-12,14-16,18H2,1-3H3,(H,35,39). The smallest absolute Gasteiger partial charge is 0.265 e. The number of pyridine rings is 1. The summed E-state index contributed by atoms with van der Waals surface area (Å²) in [6.07, 6.45) is 11.6. The third-order valence-electron chi connectivity index (χ3n) is 9.11. The molecule has 0 aromatic carbocycles. The fourth-order valence-corrected chi connectivity index (χ4v) is 7.33. The molecule has 3 aromatic heterocycles. The van der Waals surface area contributed by atoms with Crippen molar-refractivity contribution in [3.05, 3.63) is 41.7 Å². The van der Waals surface area contributed by atoms with E-state index >= 15 is 0 Å². The Labute approximate surface area is 245 Å². The van der Waals surface area contributed by atoms with E-state index in [-0.39, 0.29) is 17.5 Å². The number of hydrogen-bond donors (Lipinski definition) is 2. The summed E-state index contributed by atoms with van der Waals surface area (Å²) < 4.78 is 12.8. The molecule has 2 N–H and O–H groups in total. The number of nitrogens with one attached hydrogen (secondary N) is 2. The fraction of sp³-hybridized carbons (Fsp3) is 0.600. The first kappa shape index (κ1) is 26.8. The Bertz CT molecular complexity index is 1410. The lowest BCUT2D eigenvalue weighted by molar-refractivity contribution is 0.0984. The van der Waals surface area contributed by atoms with E-state index in [1.165, 1.54) is 37.6 Å². The molecule has 11 heteroatoms. The molecule has 3 aromatic rings. The van der Waals surface area contributed by atoms with Crippen LogP contribution < -0.4 is 19.7 Å². The number of ether oxygens (including phenoxy) is 1. The number of fused-ring (bicyclic) bond motifs is 6. The summed E-state index contributed by atoms with van der Waals surface area (Å²) in [7, 11) is 0. The predicted molar refractivity (Wildman–Crippen MR) is 159 cm³/mol. The van der Waals surface area contributed by atoms with E-state index in [2.05, 4.69) is 33.9 Å². The van der Waals surface area contributed by atoms with Crippen molar-refractivity contribution in [2.24, 2.45) is 17.8 Å². The number of aryl methyl sites for hydroxylation is 1. The summed E-state index contributed by atoms with van der Waals surface area (Å²) in [5, 5.41) is 13.9. The Kier molecular flexibility index (Phi) is 6.97. The van der Waals surface area contributed by atoms with Gasteiger partial charge in [-0.15, -0.1) is 5.10 Å². The SMILES string of the molecule is Cc1cn2nc1SNC(=O)c1ccc(-n3ccc(OCCC(C4CC4)C4CC4)n3)nc1N1CC(CC1(C)C)NCC2. The van der Waals surface area contributed by atoms with Gasteiger partial charge in [-0.05, 0) is 89.2 Å². The Balaban J connectivity index is 1.13. The second-order valence-electron chi connectivity index (χ2n) is 12.8. The van der Waals surface area contributed by atoms with Gasteiger partial charge >= 0.3 is 0 Å². The van der Waals surface area contributed by atoms with Gasteiger partial charge in [-0.25, -0.2) is 9.67 Å². The van der Waals surface area contributed by atoms with Crippen LogP contribution in [-0.2, 0) is 6.54 Å². The zero-order valence-corrected chi connectivity index (χ0v) is 25.0. The molecular formula is C30H40N8O2S. The third kappa shape index (κ3) is 5.70. The summed E-state index contributed by atoms with van der Waals surface area (Å²) >= 11 is 1.25. The van der Waals surface area contributed by atoms with Crippen LogP contribution in [-0.4, -0.2) is 61.7 Å². The van der Waals surface area contributed by atoms with Gasteiger partial charge in [-0.1, -0.05) is 0 Å². The first-order chi connectivity index (χ1) is 19.8. The number of anilines is 1. The summed E-state index contributed by atoms with van der Waals surface area (Å²) in [5.41, 5.74) is 1.40. The Hall–Kier alpha value is -3.05. The summed E-state index contributed by atoms with van der Waals surface area (Å²) in [5.74, 6) is 4.44. The second kappa shape index (κ2) is 10.7. The maximum Gasteiger partial charge on any atom is 0.265 e. The molecule has 4 bridgehead atoms. The van der Waals surface area contributed by atoms with E-state index in [4.69, 9.17) is 14.8 Å². The van der Waals surface area contributed by atoms with E-state index < -0.39 is 0 Å². The first-order valence-electron chi connectivity index (χ1n) is 15.1. The van der Waals surface area contributed by atoms with Gasteiger partial charge in [-0.3, -0.25) is 14.2 Å². The number of nitrogens with zero attached hydrogens (tertiary/aromatic N) is 6. The summed E-state index contributed by atoms with van der Waals surface area (Å²) in [6.45, 7) is 9.52. The van der Waals surface area contributed by atoms with Gasteiger partial charge in [-0.2, -0.15) is 5.10 Å². The van der Waals surface area contributed by atoms with Crippen molar-refractivity contribution in [3.63, 3.8) is 0 Å². The molecule has 2 aliphatic heterocycles. The van der Waals surface area contributed by atoms with Gasteiger partial charge in [0.15, 0.2) is 5.82 Å². The zero-order chi connectivity index (χ0) is 28.1. The molecule has 218 valence electrons. The molecule has 2 aliphatic carbocycles. The highest BCUT2D eigenvalue weighted by Gasteiger charge is 2.42. The molecule has 10 nitrogen and oxygen atoms in total. The third-order valence-corrected chi connectivity index (χ3v) is 9.99. The van der Waals surface area contributed by atoms with Crippen LogP contribution in [0.25, 0.3) is 5.82 Å². The Morgan fingerprint density at radius 1 is 1.15 bits per heavy atom. The fourth-order valence-electron chi connectivity index (χ4n) is 6.67. The lowest BCUT2D eigenvalue weighted by Gasteiger charge is -2.33. The van der Waals surface area contributed by atoms with Crippen LogP contribution in [0.4, 0.5) is 5.82 Å². The van der Waals surface area contributed by atoms with Crippen LogP contribution in [0.1, 0.15) is 68.3 Å². The predicted octanol–water partition coefficient (Wildman–Crippen LogP) is 4.37. The van der Waals surface area contributed by atoms with E-state index in [9.17, 15) is 4.79 Å². The van der Waals surface area contributed by atoms with Crippen LogP contribution in [0.3, 0.4) is 0 Å². The molecular weight excluding hydrogens is 536 g/mol. The average Bonchev–Trinajstić information content (AvgIpc) is 3.86. The summed E-state index contributed by atoms with van der Waals surface area (Å²) in [4.78, 5) is 20.8. The van der Waals surface area contributed by atoms with Gasteiger partial charge in [0.2, 0.25) is 5.88 Å². The Morgan fingerprint density at radius 3 is 2.73 bits per heavy atom. The van der Waals surface area contributed by atoms with Gasteiger partial charge in [0.25, 0.3) is 5.91 Å². The maximum atomic E-state index is 13.5. The molecule has 0 spiro atoms. The van der Waals surface area contributed by atoms with Gasteiger partial charge in [0, 0.05) is 60.6 Å². The molecule has 4 aliphatic rings. The maximum absolute atomic E-state index is 13.5. The highest BCUT2D eigenvalue weighted by molar-refractivity contribution is 7.98. The molecule has 5 heterocycles. The van der Waals surface area contributed by atoms with Crippen molar-refractivity contribution < 1.29 is 9.53 Å². The van der Waals surface area contributed by atoms with Crippen LogP contribution >= 0.6 is 11.9 Å². The van der Waals surface area contributed by atoms with E-state index in [0.29, 0.717) is 29.7 Å². The molecule has 1 saturated heterocycles. The van der Waals surface area contributed by atoms with Crippen molar-refractivity contribution in [1.82, 2.24) is 34.6 Å². The second-order valence-corrected chi connectivity index (χ2v) is 13.6. The van der Waals surface area contributed by atoms with E-state index in [0.717, 1.165) is 60.8 Å². The van der Waals surface area contributed by atoms with E-state index in [1.807, 2.05) is 42.2 Å². The molecule has 2 saturated carbocycles. The molecule has 1 unspecified atom stereocenters. The first-order valence-corrected chi connectivity index (χ1v) is 15.9. The molecule has 0 radical (unpaired) electrons. The topological polar surface area (TPSA) is 102 Å². The molecule has 1 atom stereocenters. The van der Waals surface area contributed by atoms with Gasteiger partial charge in [0.1, 0.15) is 10.8 Å². The van der Waals surface area contributed by atoms with Crippen LogP contribution in [0, 0.1) is 24.7 Å². The minimum atomic E-state index is -0.187. The van der Waals surface area contributed by atoms with Crippen LogP contribution in [0.15, 0.2) is 35.6 Å². The van der Waals surface area contributed by atoms with Crippen molar-refractivity contribution in [2.75, 3.05) is 24.6 Å². The quantitative estimate of drug-likeness (QED) is 0.400. The lowest BCUT2D eigenvalue weighted by Crippen LogP contribution is -2.40. The van der Waals surface area contributed by atoms with Crippen molar-refractivity contribution in [3.8, 4) is 11.7 Å². The molecule has 1 amide bonds. The number of carbonyl (C=O) groups is 1. The number of hydrogen-bond acceptors (Lipinski definition) is 8. The van der Waals surface area contributed by atoms with Crippen molar-refractivity contribution >= 4 is 23.7 Å².